The molecule has 2 aromatic heterocycles. The first kappa shape index (κ1) is 17.3. The van der Waals surface area contributed by atoms with Crippen LogP contribution in [0, 0.1) is 6.92 Å². The molecule has 0 amide bonds. The summed E-state index contributed by atoms with van der Waals surface area (Å²) in [5.74, 6) is 0.517. The molecule has 1 atom stereocenters. The number of oxime groups is 1. The van der Waals surface area contributed by atoms with Crippen molar-refractivity contribution in [2.45, 2.75) is 20.0 Å². The SMILES string of the molecule is COC1C(c2nc3ncc(C)cc3[nH]2)=CC=C(C)C1=NOS(=O)(=O)O. The van der Waals surface area contributed by atoms with E-state index in [4.69, 9.17) is 9.29 Å². The van der Waals surface area contributed by atoms with Crippen molar-refractivity contribution in [1.82, 2.24) is 15.0 Å². The Balaban J connectivity index is 2.05. The third-order valence-electron chi connectivity index (χ3n) is 3.66. The minimum atomic E-state index is -4.71. The number of methoxy groups -OCH3 is 1. The van der Waals surface area contributed by atoms with E-state index < -0.39 is 16.5 Å². The molecule has 1 aliphatic carbocycles. The lowest BCUT2D eigenvalue weighted by atomic mass is 9.93. The fraction of sp³-hybridized carbons (Fsp3) is 0.267. The lowest BCUT2D eigenvalue weighted by Gasteiger charge is -2.22. The van der Waals surface area contributed by atoms with Gasteiger partial charge in [-0.05, 0) is 31.1 Å². The number of nitrogens with one attached hydrogen (secondary N) is 1. The summed E-state index contributed by atoms with van der Waals surface area (Å²) in [6.45, 7) is 3.64. The molecule has 2 aromatic rings. The van der Waals surface area contributed by atoms with Gasteiger partial charge in [-0.2, -0.15) is 8.42 Å². The van der Waals surface area contributed by atoms with Gasteiger partial charge >= 0.3 is 10.4 Å². The van der Waals surface area contributed by atoms with Crippen LogP contribution in [-0.2, 0) is 19.4 Å². The summed E-state index contributed by atoms with van der Waals surface area (Å²) in [4.78, 5) is 11.9. The summed E-state index contributed by atoms with van der Waals surface area (Å²) < 4.78 is 39.9. The number of pyridine rings is 1. The quantitative estimate of drug-likeness (QED) is 0.625. The third-order valence-corrected chi connectivity index (χ3v) is 3.92. The van der Waals surface area contributed by atoms with E-state index in [1.54, 1.807) is 25.3 Å². The Kier molecular flexibility index (Phi) is 4.41. The molecule has 0 spiro atoms. The van der Waals surface area contributed by atoms with Gasteiger partial charge in [-0.25, -0.2) is 14.3 Å². The van der Waals surface area contributed by atoms with Gasteiger partial charge < -0.3 is 9.72 Å². The lowest BCUT2D eigenvalue weighted by Crippen LogP contribution is -2.29. The van der Waals surface area contributed by atoms with Crippen LogP contribution in [0.1, 0.15) is 18.3 Å². The van der Waals surface area contributed by atoms with Crippen LogP contribution < -0.4 is 0 Å². The molecule has 0 aliphatic heterocycles. The van der Waals surface area contributed by atoms with E-state index in [0.717, 1.165) is 11.1 Å². The first-order chi connectivity index (χ1) is 11.8. The zero-order valence-electron chi connectivity index (χ0n) is 13.7. The fourth-order valence-electron chi connectivity index (χ4n) is 2.53. The predicted octanol–water partition coefficient (Wildman–Crippen LogP) is 1.80. The van der Waals surface area contributed by atoms with E-state index >= 15 is 0 Å². The Hall–Kier alpha value is -2.56. The monoisotopic (exact) mass is 364 g/mol. The average molecular weight is 364 g/mol. The number of nitrogens with zero attached hydrogens (tertiary/aromatic N) is 3. The summed E-state index contributed by atoms with van der Waals surface area (Å²) >= 11 is 0. The normalized spacial score (nSPS) is 19.8. The molecule has 0 saturated heterocycles. The Morgan fingerprint density at radius 3 is 2.76 bits per heavy atom. The number of allylic oxidation sites excluding steroid dienone is 2. The maximum absolute atomic E-state index is 10.8. The summed E-state index contributed by atoms with van der Waals surface area (Å²) in [5.41, 5.74) is 3.77. The minimum absolute atomic E-state index is 0.210. The highest BCUT2D eigenvalue weighted by Crippen LogP contribution is 2.27. The molecular weight excluding hydrogens is 348 g/mol. The van der Waals surface area contributed by atoms with Crippen molar-refractivity contribution in [1.29, 1.82) is 0 Å². The van der Waals surface area contributed by atoms with Crippen LogP contribution >= 0.6 is 0 Å². The molecule has 0 saturated carbocycles. The molecule has 1 unspecified atom stereocenters. The van der Waals surface area contributed by atoms with Crippen molar-refractivity contribution in [2.75, 3.05) is 7.11 Å². The minimum Gasteiger partial charge on any atom is -0.370 e. The first-order valence-electron chi connectivity index (χ1n) is 7.27. The zero-order valence-corrected chi connectivity index (χ0v) is 14.5. The van der Waals surface area contributed by atoms with Gasteiger partial charge in [0.25, 0.3) is 0 Å². The van der Waals surface area contributed by atoms with Crippen molar-refractivity contribution in [2.24, 2.45) is 5.16 Å². The molecule has 0 radical (unpaired) electrons. The van der Waals surface area contributed by atoms with Crippen LogP contribution in [0.5, 0.6) is 0 Å². The summed E-state index contributed by atoms with van der Waals surface area (Å²) in [5, 5.41) is 3.52. The maximum Gasteiger partial charge on any atom is 0.466 e. The van der Waals surface area contributed by atoms with Crippen LogP contribution in [0.4, 0.5) is 0 Å². The number of aromatic amines is 1. The molecule has 10 heteroatoms. The fourth-order valence-corrected chi connectivity index (χ4v) is 2.71. The number of rotatable bonds is 4. The molecule has 0 aromatic carbocycles. The molecule has 9 nitrogen and oxygen atoms in total. The van der Waals surface area contributed by atoms with E-state index in [0.29, 0.717) is 22.6 Å². The van der Waals surface area contributed by atoms with Crippen molar-refractivity contribution < 1.29 is 22.0 Å². The second-order valence-electron chi connectivity index (χ2n) is 5.54. The molecule has 3 rings (SSSR count). The lowest BCUT2D eigenvalue weighted by molar-refractivity contribution is 0.192. The number of fused-ring (bicyclic) bond motifs is 1. The van der Waals surface area contributed by atoms with E-state index in [1.807, 2.05) is 13.0 Å². The van der Waals surface area contributed by atoms with Gasteiger partial charge in [0, 0.05) is 18.9 Å². The average Bonchev–Trinajstić information content (AvgIpc) is 2.95. The predicted molar refractivity (Wildman–Crippen MR) is 91.2 cm³/mol. The van der Waals surface area contributed by atoms with Gasteiger partial charge in [-0.3, -0.25) is 4.55 Å². The molecule has 2 N–H and O–H groups in total. The summed E-state index contributed by atoms with van der Waals surface area (Å²) in [7, 11) is -3.26. The highest BCUT2D eigenvalue weighted by molar-refractivity contribution is 7.80. The number of ether oxygens (including phenoxy) is 1. The molecule has 0 bridgehead atoms. The van der Waals surface area contributed by atoms with Crippen LogP contribution in [0.15, 0.2) is 35.1 Å². The topological polar surface area (TPSA) is 127 Å². The van der Waals surface area contributed by atoms with Gasteiger partial charge in [0.2, 0.25) is 0 Å². The maximum atomic E-state index is 10.8. The molecule has 1 aliphatic rings. The van der Waals surface area contributed by atoms with E-state index in [2.05, 4.69) is 24.4 Å². The Labute approximate surface area is 144 Å². The Bertz CT molecular complexity index is 1020. The molecular formula is C15H16N4O5S. The van der Waals surface area contributed by atoms with Crippen LogP contribution in [0.3, 0.4) is 0 Å². The van der Waals surface area contributed by atoms with Crippen molar-refractivity contribution in [3.63, 3.8) is 0 Å². The number of imidazole rings is 1. The van der Waals surface area contributed by atoms with E-state index in [9.17, 15) is 8.42 Å². The molecule has 2 heterocycles. The molecule has 25 heavy (non-hydrogen) atoms. The second kappa shape index (κ2) is 6.39. The largest absolute Gasteiger partial charge is 0.466 e. The third kappa shape index (κ3) is 3.60. The highest BCUT2D eigenvalue weighted by Gasteiger charge is 2.29. The van der Waals surface area contributed by atoms with Crippen LogP contribution in [-0.4, -0.2) is 46.8 Å². The summed E-state index contributed by atoms with van der Waals surface area (Å²) in [6, 6.07) is 1.92. The van der Waals surface area contributed by atoms with Crippen molar-refractivity contribution in [3.8, 4) is 0 Å². The second-order valence-corrected chi connectivity index (χ2v) is 6.54. The van der Waals surface area contributed by atoms with Crippen molar-refractivity contribution in [3.05, 3.63) is 41.4 Å². The number of hydrogen-bond acceptors (Lipinski definition) is 7. The van der Waals surface area contributed by atoms with Crippen LogP contribution in [0.25, 0.3) is 16.7 Å². The van der Waals surface area contributed by atoms with E-state index in [-0.39, 0.29) is 5.71 Å². The van der Waals surface area contributed by atoms with E-state index in [1.165, 1.54) is 7.11 Å². The van der Waals surface area contributed by atoms with Gasteiger partial charge in [-0.1, -0.05) is 17.3 Å². The Morgan fingerprint density at radius 2 is 2.08 bits per heavy atom. The van der Waals surface area contributed by atoms with Crippen LogP contribution in [0.2, 0.25) is 0 Å². The first-order valence-corrected chi connectivity index (χ1v) is 8.63. The number of aromatic nitrogens is 3. The van der Waals surface area contributed by atoms with Gasteiger partial charge in [0.15, 0.2) is 5.65 Å². The van der Waals surface area contributed by atoms with Crippen molar-refractivity contribution >= 4 is 32.8 Å². The number of H-pyrrole nitrogens is 1. The highest BCUT2D eigenvalue weighted by atomic mass is 32.3. The number of aryl methyl sites for hydroxylation is 1. The molecule has 0 fully saturated rings. The Morgan fingerprint density at radius 1 is 1.32 bits per heavy atom. The molecule has 132 valence electrons. The van der Waals surface area contributed by atoms with Gasteiger partial charge in [-0.15, -0.1) is 0 Å². The van der Waals surface area contributed by atoms with Gasteiger partial charge in [0.1, 0.15) is 17.6 Å². The zero-order chi connectivity index (χ0) is 18.2. The van der Waals surface area contributed by atoms with Gasteiger partial charge in [0.05, 0.1) is 5.52 Å². The smallest absolute Gasteiger partial charge is 0.370 e. The summed E-state index contributed by atoms with van der Waals surface area (Å²) in [6.07, 6.45) is 4.50. The standard InChI is InChI=1S/C15H16N4O5S/c1-8-6-11-15(16-7-8)18-14(17-11)10-5-4-9(2)12(13(10)23-3)19-24-25(20,21)22/h4-7,13H,1-3H3,(H,16,17,18)(H,20,21,22). The number of hydrogen-bond donors (Lipinski definition) is 2.